The second kappa shape index (κ2) is 10.4. The molecule has 2 fully saturated rings. The maximum absolute atomic E-state index is 12.6. The van der Waals surface area contributed by atoms with E-state index in [1.165, 1.54) is 25.0 Å². The Morgan fingerprint density at radius 2 is 2.11 bits per heavy atom. The SMILES string of the molecule is Cc1nn(C)c(Cl)c1CN1CCCN(C(=O)CCCCC2CCSS2)CC1. The molecule has 5 nitrogen and oxygen atoms in total. The molecular weight excluding hydrogens is 400 g/mol. The number of hydrogen-bond donors (Lipinski definition) is 0. The molecule has 0 aromatic carbocycles. The average Bonchev–Trinajstić information content (AvgIpc) is 3.16. The van der Waals surface area contributed by atoms with Gasteiger partial charge in [0.1, 0.15) is 5.15 Å². The molecule has 2 aliphatic heterocycles. The van der Waals surface area contributed by atoms with Crippen LogP contribution in [-0.2, 0) is 18.4 Å². The maximum Gasteiger partial charge on any atom is 0.222 e. The Morgan fingerprint density at radius 3 is 2.81 bits per heavy atom. The number of aryl methyl sites for hydroxylation is 2. The highest BCUT2D eigenvalue weighted by molar-refractivity contribution is 8.77. The van der Waals surface area contributed by atoms with Gasteiger partial charge in [-0.1, -0.05) is 39.6 Å². The summed E-state index contributed by atoms with van der Waals surface area (Å²) in [6.07, 6.45) is 6.56. The molecule has 8 heteroatoms. The Hall–Kier alpha value is -0.370. The summed E-state index contributed by atoms with van der Waals surface area (Å²) in [5.74, 6) is 1.63. The first-order valence-electron chi connectivity index (χ1n) is 10.0. The number of nitrogens with zero attached hydrogens (tertiary/aromatic N) is 4. The van der Waals surface area contributed by atoms with Gasteiger partial charge in [-0.25, -0.2) is 0 Å². The largest absolute Gasteiger partial charge is 0.341 e. The van der Waals surface area contributed by atoms with Crippen molar-refractivity contribution in [1.82, 2.24) is 19.6 Å². The van der Waals surface area contributed by atoms with Gasteiger partial charge in [-0.05, 0) is 32.6 Å². The van der Waals surface area contributed by atoms with Gasteiger partial charge in [-0.2, -0.15) is 5.10 Å². The molecule has 152 valence electrons. The minimum absolute atomic E-state index is 0.334. The van der Waals surface area contributed by atoms with E-state index in [1.54, 1.807) is 4.68 Å². The zero-order valence-corrected chi connectivity index (χ0v) is 18.8. The molecule has 3 rings (SSSR count). The van der Waals surface area contributed by atoms with Crippen molar-refractivity contribution < 1.29 is 4.79 Å². The highest BCUT2D eigenvalue weighted by Gasteiger charge is 2.21. The van der Waals surface area contributed by atoms with E-state index in [-0.39, 0.29) is 0 Å². The van der Waals surface area contributed by atoms with Crippen LogP contribution in [0.1, 0.15) is 49.8 Å². The predicted octanol–water partition coefficient (Wildman–Crippen LogP) is 4.13. The van der Waals surface area contributed by atoms with Crippen molar-refractivity contribution in [2.45, 2.75) is 57.2 Å². The first-order valence-corrected chi connectivity index (χ1v) is 12.8. The van der Waals surface area contributed by atoms with Crippen molar-refractivity contribution in [3.63, 3.8) is 0 Å². The molecular formula is C19H31ClN4OS2. The van der Waals surface area contributed by atoms with Crippen LogP contribution >= 0.6 is 33.2 Å². The lowest BCUT2D eigenvalue weighted by Crippen LogP contribution is -2.35. The molecule has 0 N–H and O–H groups in total. The quantitative estimate of drug-likeness (QED) is 0.480. The van der Waals surface area contributed by atoms with Crippen molar-refractivity contribution in [2.75, 3.05) is 31.9 Å². The van der Waals surface area contributed by atoms with Crippen molar-refractivity contribution in [1.29, 1.82) is 0 Å². The van der Waals surface area contributed by atoms with E-state index in [2.05, 4.69) is 14.9 Å². The van der Waals surface area contributed by atoms with Crippen molar-refractivity contribution in [3.05, 3.63) is 16.4 Å². The number of rotatable bonds is 7. The molecule has 0 radical (unpaired) electrons. The van der Waals surface area contributed by atoms with E-state index in [4.69, 9.17) is 11.6 Å². The standard InChI is InChI=1S/C19H31ClN4OS2/c1-15-17(19(20)22(2)21-15)14-23-9-5-10-24(12-11-23)18(25)7-4-3-6-16-8-13-26-27-16/h16H,3-14H2,1-2H3. The topological polar surface area (TPSA) is 41.4 Å². The smallest absolute Gasteiger partial charge is 0.222 e. The lowest BCUT2D eigenvalue weighted by molar-refractivity contribution is -0.131. The summed E-state index contributed by atoms with van der Waals surface area (Å²) in [6, 6.07) is 0. The molecule has 0 saturated carbocycles. The van der Waals surface area contributed by atoms with Crippen molar-refractivity contribution in [2.24, 2.45) is 7.05 Å². The number of hydrogen-bond acceptors (Lipinski definition) is 5. The molecule has 2 saturated heterocycles. The Bertz CT molecular complexity index is 633. The van der Waals surface area contributed by atoms with E-state index < -0.39 is 0 Å². The number of amides is 1. The highest BCUT2D eigenvalue weighted by atomic mass is 35.5. The van der Waals surface area contributed by atoms with Crippen LogP contribution in [0.15, 0.2) is 0 Å². The van der Waals surface area contributed by atoms with Crippen LogP contribution < -0.4 is 0 Å². The van der Waals surface area contributed by atoms with E-state index in [9.17, 15) is 4.79 Å². The molecule has 27 heavy (non-hydrogen) atoms. The number of unbranched alkanes of at least 4 members (excludes halogenated alkanes) is 1. The summed E-state index contributed by atoms with van der Waals surface area (Å²) in [4.78, 5) is 17.1. The van der Waals surface area contributed by atoms with Crippen LogP contribution in [0.25, 0.3) is 0 Å². The molecule has 3 heterocycles. The fourth-order valence-electron chi connectivity index (χ4n) is 3.83. The zero-order chi connectivity index (χ0) is 19.2. The molecule has 1 aromatic rings. The summed E-state index contributed by atoms with van der Waals surface area (Å²) in [7, 11) is 5.92. The normalized spacial score (nSPS) is 21.6. The lowest BCUT2D eigenvalue weighted by atomic mass is 10.1. The van der Waals surface area contributed by atoms with E-state index in [0.717, 1.165) is 67.2 Å². The third-order valence-electron chi connectivity index (χ3n) is 5.49. The van der Waals surface area contributed by atoms with E-state index in [0.29, 0.717) is 12.3 Å². The third-order valence-corrected chi connectivity index (χ3v) is 8.97. The Labute approximate surface area is 175 Å². The zero-order valence-electron chi connectivity index (χ0n) is 16.5. The predicted molar refractivity (Wildman–Crippen MR) is 116 cm³/mol. The molecule has 1 aromatic heterocycles. The van der Waals surface area contributed by atoms with Gasteiger partial charge in [-0.3, -0.25) is 14.4 Å². The molecule has 2 aliphatic rings. The van der Waals surface area contributed by atoms with Gasteiger partial charge in [0.15, 0.2) is 0 Å². The Balaban J connectivity index is 1.40. The molecule has 1 atom stereocenters. The van der Waals surface area contributed by atoms with E-state index in [1.807, 2.05) is 35.6 Å². The first-order chi connectivity index (χ1) is 13.0. The molecule has 0 bridgehead atoms. The summed E-state index contributed by atoms with van der Waals surface area (Å²) in [5.41, 5.74) is 2.11. The van der Waals surface area contributed by atoms with Crippen molar-refractivity contribution >= 4 is 39.1 Å². The number of carbonyl (C=O) groups excluding carboxylic acids is 1. The van der Waals surface area contributed by atoms with Crippen molar-refractivity contribution in [3.8, 4) is 0 Å². The highest BCUT2D eigenvalue weighted by Crippen LogP contribution is 2.39. The van der Waals surface area contributed by atoms with Crippen LogP contribution in [-0.4, -0.2) is 62.7 Å². The van der Waals surface area contributed by atoms with Gasteiger partial charge in [0.2, 0.25) is 5.91 Å². The summed E-state index contributed by atoms with van der Waals surface area (Å²) in [5, 5.41) is 5.95. The second-order valence-corrected chi connectivity index (χ2v) is 10.7. The first kappa shape index (κ1) is 21.3. The minimum atomic E-state index is 0.334. The van der Waals surface area contributed by atoms with Gasteiger partial charge in [0.25, 0.3) is 0 Å². The van der Waals surface area contributed by atoms with Gasteiger partial charge in [-0.15, -0.1) is 0 Å². The Kier molecular flexibility index (Phi) is 8.24. The van der Waals surface area contributed by atoms with Crippen LogP contribution in [0.2, 0.25) is 5.15 Å². The van der Waals surface area contributed by atoms with Gasteiger partial charge < -0.3 is 4.90 Å². The monoisotopic (exact) mass is 430 g/mol. The fourth-order valence-corrected chi connectivity index (χ4v) is 7.09. The molecule has 1 unspecified atom stereocenters. The average molecular weight is 431 g/mol. The molecule has 0 aliphatic carbocycles. The Morgan fingerprint density at radius 1 is 1.26 bits per heavy atom. The van der Waals surface area contributed by atoms with Crippen LogP contribution in [0.5, 0.6) is 0 Å². The summed E-state index contributed by atoms with van der Waals surface area (Å²) >= 11 is 6.38. The van der Waals surface area contributed by atoms with E-state index >= 15 is 0 Å². The number of aromatic nitrogens is 2. The second-order valence-electron chi connectivity index (χ2n) is 7.56. The minimum Gasteiger partial charge on any atom is -0.341 e. The van der Waals surface area contributed by atoms with Crippen LogP contribution in [0.4, 0.5) is 0 Å². The third kappa shape index (κ3) is 6.05. The lowest BCUT2D eigenvalue weighted by Gasteiger charge is -2.22. The number of carbonyl (C=O) groups is 1. The maximum atomic E-state index is 12.6. The summed E-state index contributed by atoms with van der Waals surface area (Å²) < 4.78 is 1.74. The van der Waals surface area contributed by atoms with Gasteiger partial charge in [0.05, 0.1) is 5.69 Å². The van der Waals surface area contributed by atoms with Gasteiger partial charge in [0, 0.05) is 62.8 Å². The van der Waals surface area contributed by atoms with Gasteiger partial charge >= 0.3 is 0 Å². The van der Waals surface area contributed by atoms with Crippen LogP contribution in [0, 0.1) is 6.92 Å². The summed E-state index contributed by atoms with van der Waals surface area (Å²) in [6.45, 7) is 6.45. The number of halogens is 1. The van der Waals surface area contributed by atoms with Crippen LogP contribution in [0.3, 0.4) is 0 Å². The fraction of sp³-hybridized carbons (Fsp3) is 0.789. The molecule has 1 amide bonds. The molecule has 0 spiro atoms.